The van der Waals surface area contributed by atoms with Crippen LogP contribution in [0, 0.1) is 23.0 Å². The molecule has 4 atom stereocenters. The van der Waals surface area contributed by atoms with Crippen LogP contribution in [0.5, 0.6) is 11.9 Å². The Labute approximate surface area is 317 Å². The molecule has 2 N–H and O–H groups in total. The van der Waals surface area contributed by atoms with Crippen molar-refractivity contribution in [3.8, 4) is 29.1 Å². The maximum Gasteiger partial charge on any atom is 0.329 e. The number of benzene rings is 2. The predicted molar refractivity (Wildman–Crippen MR) is 200 cm³/mol. The van der Waals surface area contributed by atoms with Crippen LogP contribution in [0.4, 0.5) is 28.8 Å². The Balaban J connectivity index is 1.25. The first-order valence-corrected chi connectivity index (χ1v) is 19.0. The number of carbonyl (C=O) groups is 1. The second-order valence-electron chi connectivity index (χ2n) is 14.1. The number of nitrogens with zero attached hydrogens (tertiary/aromatic N) is 8. The quantitative estimate of drug-likeness (QED) is 0.175. The molecule has 3 fully saturated rings. The number of carbonyl (C=O) groups excluding carboxylic acids is 1. The number of nitrogens with two attached hydrogens (primary N) is 1. The van der Waals surface area contributed by atoms with Gasteiger partial charge in [-0.2, -0.15) is 15.2 Å². The Bertz CT molecular complexity index is 2350. The summed E-state index contributed by atoms with van der Waals surface area (Å²) >= 11 is 7.84. The number of aromatic nitrogens is 4. The number of alkyl halides is 1. The number of hydrogen-bond acceptors (Lipinski definition) is 11. The molecule has 2 aromatic carbocycles. The fraction of sp³-hybridized carbons (Fsp3) is 0.432. The summed E-state index contributed by atoms with van der Waals surface area (Å²) in [5, 5.41) is 10.5. The van der Waals surface area contributed by atoms with Gasteiger partial charge in [0.25, 0.3) is 0 Å². The maximum atomic E-state index is 17.3. The number of fused-ring (bicyclic) bond motifs is 3. The van der Waals surface area contributed by atoms with Gasteiger partial charge in [-0.1, -0.05) is 17.7 Å². The third-order valence-corrected chi connectivity index (χ3v) is 12.6. The van der Waals surface area contributed by atoms with E-state index in [1.165, 1.54) is 36.3 Å². The Morgan fingerprint density at radius 1 is 1.28 bits per heavy atom. The third-order valence-electron chi connectivity index (χ3n) is 11.2. The Kier molecular flexibility index (Phi) is 9.22. The number of methoxy groups -OCH3 is 1. The van der Waals surface area contributed by atoms with Crippen LogP contribution in [0.25, 0.3) is 32.1 Å². The molecular weight excluding hydrogens is 743 g/mol. The smallest absolute Gasteiger partial charge is 0.329 e. The molecule has 54 heavy (non-hydrogen) atoms. The average Bonchev–Trinajstić information content (AvgIpc) is 3.98. The zero-order valence-electron chi connectivity index (χ0n) is 29.8. The fourth-order valence-electron chi connectivity index (χ4n) is 8.66. The highest BCUT2D eigenvalue weighted by Crippen LogP contribution is 2.46. The van der Waals surface area contributed by atoms with Crippen molar-refractivity contribution in [2.24, 2.45) is 0 Å². The van der Waals surface area contributed by atoms with Gasteiger partial charge in [-0.25, -0.2) is 22.9 Å². The first-order chi connectivity index (χ1) is 26.0. The van der Waals surface area contributed by atoms with E-state index in [1.54, 1.807) is 11.0 Å². The molecule has 0 saturated carbocycles. The van der Waals surface area contributed by atoms with Crippen LogP contribution in [-0.2, 0) is 0 Å². The van der Waals surface area contributed by atoms with Crippen molar-refractivity contribution in [2.75, 3.05) is 50.5 Å². The SMILES string of the molecule is CCN(c1nc(OCC23CCCN2C[C@H](F)C3)nc2c(F)c(-c3ccc(F)c4sc(N)c(C#N)c34)c(Cl)cc12)[C@@H]1CCN(C(=O)n2cnc(OC)c2)[C@@H]1C. The van der Waals surface area contributed by atoms with E-state index in [0.29, 0.717) is 49.6 Å². The van der Waals surface area contributed by atoms with E-state index in [1.807, 2.05) is 24.8 Å². The monoisotopic (exact) mass is 779 g/mol. The minimum atomic E-state index is -0.977. The van der Waals surface area contributed by atoms with E-state index in [4.69, 9.17) is 31.8 Å². The van der Waals surface area contributed by atoms with Crippen molar-refractivity contribution in [2.45, 2.75) is 63.3 Å². The van der Waals surface area contributed by atoms with Gasteiger partial charge in [-0.3, -0.25) is 9.47 Å². The van der Waals surface area contributed by atoms with Crippen molar-refractivity contribution in [3.05, 3.63) is 52.9 Å². The Morgan fingerprint density at radius 3 is 2.83 bits per heavy atom. The first kappa shape index (κ1) is 36.1. The molecule has 8 rings (SSSR count). The summed E-state index contributed by atoms with van der Waals surface area (Å²) in [7, 11) is 1.48. The zero-order valence-corrected chi connectivity index (χ0v) is 31.4. The number of anilines is 2. The molecule has 17 heteroatoms. The van der Waals surface area contributed by atoms with Crippen LogP contribution in [0.3, 0.4) is 0 Å². The summed E-state index contributed by atoms with van der Waals surface area (Å²) < 4.78 is 59.9. The van der Waals surface area contributed by atoms with Gasteiger partial charge < -0.3 is 25.0 Å². The number of amides is 1. The van der Waals surface area contributed by atoms with Crippen molar-refractivity contribution < 1.29 is 27.4 Å². The number of rotatable bonds is 8. The molecule has 12 nitrogen and oxygen atoms in total. The van der Waals surface area contributed by atoms with Crippen LogP contribution < -0.4 is 20.1 Å². The molecule has 0 aliphatic carbocycles. The third kappa shape index (κ3) is 5.75. The van der Waals surface area contributed by atoms with Crippen LogP contribution >= 0.6 is 22.9 Å². The number of nitrogen functional groups attached to an aromatic ring is 1. The van der Waals surface area contributed by atoms with Crippen molar-refractivity contribution in [1.29, 1.82) is 5.26 Å². The van der Waals surface area contributed by atoms with E-state index in [0.717, 1.165) is 30.7 Å². The summed E-state index contributed by atoms with van der Waals surface area (Å²) in [6, 6.07) is 5.22. The molecule has 0 bridgehead atoms. The van der Waals surface area contributed by atoms with Gasteiger partial charge in [-0.15, -0.1) is 11.3 Å². The second kappa shape index (κ2) is 13.8. The van der Waals surface area contributed by atoms with E-state index in [-0.39, 0.29) is 73.0 Å². The van der Waals surface area contributed by atoms with Crippen LogP contribution in [0.15, 0.2) is 30.7 Å². The lowest BCUT2D eigenvalue weighted by Gasteiger charge is -2.34. The normalized spacial score (nSPS) is 22.6. The lowest BCUT2D eigenvalue weighted by atomic mass is 9.95. The molecule has 282 valence electrons. The van der Waals surface area contributed by atoms with Gasteiger partial charge in [-0.05, 0) is 57.4 Å². The molecule has 1 amide bonds. The number of likely N-dealkylation sites (N-methyl/N-ethyl adjacent to an activating group) is 1. The molecule has 5 aromatic rings. The Hall–Kier alpha value is -4.85. The topological polar surface area (TPSA) is 139 Å². The first-order valence-electron chi connectivity index (χ1n) is 17.8. The number of likely N-dealkylation sites (tertiary alicyclic amines) is 1. The molecule has 3 aliphatic heterocycles. The molecule has 6 heterocycles. The fourth-order valence-corrected chi connectivity index (χ4v) is 9.90. The van der Waals surface area contributed by atoms with Gasteiger partial charge in [0.2, 0.25) is 5.88 Å². The molecule has 3 saturated heterocycles. The minimum absolute atomic E-state index is 0.0121. The Morgan fingerprint density at radius 2 is 2.09 bits per heavy atom. The van der Waals surface area contributed by atoms with Crippen LogP contribution in [0.1, 0.15) is 45.1 Å². The number of nitriles is 1. The maximum absolute atomic E-state index is 17.3. The largest absolute Gasteiger partial charge is 0.480 e. The highest BCUT2D eigenvalue weighted by molar-refractivity contribution is 7.23. The molecule has 0 radical (unpaired) electrons. The highest BCUT2D eigenvalue weighted by Gasteiger charge is 2.49. The van der Waals surface area contributed by atoms with Gasteiger partial charge in [0, 0.05) is 42.4 Å². The number of imidazole rings is 1. The summed E-state index contributed by atoms with van der Waals surface area (Å²) in [5.41, 5.74) is 5.61. The number of hydrogen-bond donors (Lipinski definition) is 1. The van der Waals surface area contributed by atoms with E-state index in [9.17, 15) is 14.4 Å². The molecule has 0 spiro atoms. The molecular formula is C37H37ClF3N9O3S. The van der Waals surface area contributed by atoms with Gasteiger partial charge in [0.05, 0.1) is 46.2 Å². The lowest BCUT2D eigenvalue weighted by Crippen LogP contribution is -2.46. The van der Waals surface area contributed by atoms with Crippen LogP contribution in [0.2, 0.25) is 5.02 Å². The summed E-state index contributed by atoms with van der Waals surface area (Å²) in [4.78, 5) is 33.0. The van der Waals surface area contributed by atoms with Gasteiger partial charge in [0.1, 0.15) is 47.3 Å². The van der Waals surface area contributed by atoms with Gasteiger partial charge >= 0.3 is 12.0 Å². The number of ether oxygens (including phenoxy) is 2. The second-order valence-corrected chi connectivity index (χ2v) is 15.5. The predicted octanol–water partition coefficient (Wildman–Crippen LogP) is 7.01. The minimum Gasteiger partial charge on any atom is -0.480 e. The van der Waals surface area contributed by atoms with Crippen molar-refractivity contribution in [3.63, 3.8) is 0 Å². The van der Waals surface area contributed by atoms with Crippen molar-refractivity contribution >= 4 is 60.8 Å². The number of halogens is 4. The molecule has 3 aliphatic rings. The summed E-state index contributed by atoms with van der Waals surface area (Å²) in [6.07, 6.45) is 4.49. The summed E-state index contributed by atoms with van der Waals surface area (Å²) in [5.74, 6) is -0.763. The van der Waals surface area contributed by atoms with E-state index < -0.39 is 23.3 Å². The van der Waals surface area contributed by atoms with E-state index >= 15 is 8.78 Å². The molecule has 3 aromatic heterocycles. The zero-order chi connectivity index (χ0) is 38.1. The highest BCUT2D eigenvalue weighted by atomic mass is 35.5. The lowest BCUT2D eigenvalue weighted by molar-refractivity contribution is 0.107. The van der Waals surface area contributed by atoms with E-state index in [2.05, 4.69) is 14.9 Å². The standard InChI is InChI=1S/C37H37ClF3N9O3S/c1-4-49(26-8-11-50(19(26)2)36(51)47-16-27(52-3)44-18-47)34-22-12-24(38)29(21-6-7-25(40)32-28(21)23(14-42)33(43)54-32)30(41)31(22)45-35(46-34)53-17-37-9-5-10-48(37)15-20(39)13-37/h6-7,12,16,18-20,26H,4-5,8-11,13,15,17,43H2,1-3H3/t19-,20-,26-,37?/m1/s1. The van der Waals surface area contributed by atoms with Crippen molar-refractivity contribution in [1.82, 2.24) is 29.3 Å². The summed E-state index contributed by atoms with van der Waals surface area (Å²) in [6.45, 7) is 5.94. The molecule has 1 unspecified atom stereocenters. The average molecular weight is 780 g/mol. The van der Waals surface area contributed by atoms with Crippen LogP contribution in [-0.4, -0.2) is 99.0 Å². The number of thiophene rings is 1. The van der Waals surface area contributed by atoms with Gasteiger partial charge in [0.15, 0.2) is 5.82 Å².